The number of benzene rings is 2. The second-order valence-electron chi connectivity index (χ2n) is 8.54. The molecule has 0 spiro atoms. The first kappa shape index (κ1) is 25.8. The van der Waals surface area contributed by atoms with Crippen LogP contribution in [0.1, 0.15) is 30.9 Å². The maximum Gasteiger partial charge on any atom is 0.243 e. The molecule has 2 aromatic carbocycles. The zero-order chi connectivity index (χ0) is 25.3. The van der Waals surface area contributed by atoms with Gasteiger partial charge in [-0.25, -0.2) is 4.98 Å². The van der Waals surface area contributed by atoms with Gasteiger partial charge in [-0.3, -0.25) is 0 Å². The molecule has 9 heteroatoms. The van der Waals surface area contributed by atoms with Gasteiger partial charge in [-0.15, -0.1) is 5.10 Å². The predicted molar refractivity (Wildman–Crippen MR) is 147 cm³/mol. The van der Waals surface area contributed by atoms with E-state index in [0.717, 1.165) is 72.9 Å². The minimum Gasteiger partial charge on any atom is -0.497 e. The highest BCUT2D eigenvalue weighted by Gasteiger charge is 2.18. The van der Waals surface area contributed by atoms with Gasteiger partial charge >= 0.3 is 0 Å². The highest BCUT2D eigenvalue weighted by atomic mass is 79.9. The number of aromatic nitrogens is 4. The van der Waals surface area contributed by atoms with E-state index in [1.54, 1.807) is 20.4 Å². The minimum atomic E-state index is 0.601. The Bertz CT molecular complexity index is 1190. The molecular weight excluding hydrogens is 520 g/mol. The molecule has 190 valence electrons. The first-order valence-corrected chi connectivity index (χ1v) is 13.1. The molecule has 0 unspecified atom stereocenters. The number of imidazole rings is 1. The molecule has 2 heterocycles. The number of halogens is 1. The fourth-order valence-electron chi connectivity index (χ4n) is 3.94. The lowest BCUT2D eigenvalue weighted by Gasteiger charge is -2.25. The summed E-state index contributed by atoms with van der Waals surface area (Å²) < 4.78 is 13.2. The molecule has 0 aliphatic carbocycles. The monoisotopic (exact) mass is 552 g/mol. The molecule has 0 saturated heterocycles. The lowest BCUT2D eigenvalue weighted by atomic mass is 10.1. The number of methoxy groups -OCH3 is 2. The van der Waals surface area contributed by atoms with Gasteiger partial charge in [-0.2, -0.15) is 9.50 Å². The second-order valence-corrected chi connectivity index (χ2v) is 9.35. The van der Waals surface area contributed by atoms with Gasteiger partial charge in [0, 0.05) is 19.6 Å². The van der Waals surface area contributed by atoms with E-state index in [9.17, 15) is 0 Å². The Kier molecular flexibility index (Phi) is 9.00. The average Bonchev–Trinajstić information content (AvgIpc) is 3.29. The van der Waals surface area contributed by atoms with E-state index in [0.29, 0.717) is 5.95 Å². The number of ether oxygens (including phenoxy) is 2. The third-order valence-corrected chi connectivity index (χ3v) is 6.62. The number of rotatable bonds is 13. The Labute approximate surface area is 220 Å². The first-order chi connectivity index (χ1) is 17.6. The van der Waals surface area contributed by atoms with Crippen LogP contribution in [0.25, 0.3) is 5.65 Å². The van der Waals surface area contributed by atoms with Crippen molar-refractivity contribution in [3.63, 3.8) is 0 Å². The van der Waals surface area contributed by atoms with Crippen LogP contribution in [0.2, 0.25) is 0 Å². The average molecular weight is 554 g/mol. The number of nitrogens with one attached hydrogen (secondary N) is 1. The molecule has 0 atom stereocenters. The number of unbranched alkanes of at least 4 members (excludes halogenated alkanes) is 1. The molecule has 4 aromatic rings. The van der Waals surface area contributed by atoms with Crippen LogP contribution in [0.15, 0.2) is 59.3 Å². The van der Waals surface area contributed by atoms with Crippen LogP contribution in [0, 0.1) is 0 Å². The first-order valence-electron chi connectivity index (χ1n) is 12.3. The SMILES string of the molecule is CCCCNc1nc(N(CCc2ccc(OC)cc2)CCc2ccc(OC)cc2)c2ncc(Br)n2n1. The molecule has 0 radical (unpaired) electrons. The third kappa shape index (κ3) is 6.46. The quantitative estimate of drug-likeness (QED) is 0.222. The molecule has 0 aliphatic heterocycles. The fourth-order valence-corrected chi connectivity index (χ4v) is 4.29. The lowest BCUT2D eigenvalue weighted by Crippen LogP contribution is -2.30. The summed E-state index contributed by atoms with van der Waals surface area (Å²) in [5.74, 6) is 3.13. The molecule has 0 fully saturated rings. The summed E-state index contributed by atoms with van der Waals surface area (Å²) in [5, 5.41) is 8.03. The van der Waals surface area contributed by atoms with Crippen LogP contribution in [-0.2, 0) is 12.8 Å². The summed E-state index contributed by atoms with van der Waals surface area (Å²) in [6, 6.07) is 16.4. The molecule has 4 rings (SSSR count). The molecule has 1 N–H and O–H groups in total. The van der Waals surface area contributed by atoms with E-state index in [2.05, 4.69) is 67.4 Å². The Morgan fingerprint density at radius 1 is 0.917 bits per heavy atom. The molecule has 0 bridgehead atoms. The topological polar surface area (TPSA) is 76.8 Å². The normalized spacial score (nSPS) is 11.0. The standard InChI is InChI=1S/C27H33BrN6O2/c1-4-5-16-29-27-31-26(25-30-19-24(28)34(25)32-27)33(17-14-20-6-10-22(35-2)11-7-20)18-15-21-8-12-23(36-3)13-9-21/h6-13,19H,4-5,14-18H2,1-3H3,(H,29,32). The van der Waals surface area contributed by atoms with Gasteiger partial charge in [0.05, 0.1) is 20.4 Å². The minimum absolute atomic E-state index is 0.601. The van der Waals surface area contributed by atoms with Gasteiger partial charge in [-0.1, -0.05) is 37.6 Å². The van der Waals surface area contributed by atoms with Crippen molar-refractivity contribution < 1.29 is 9.47 Å². The molecule has 36 heavy (non-hydrogen) atoms. The summed E-state index contributed by atoms with van der Waals surface area (Å²) in [4.78, 5) is 11.8. The summed E-state index contributed by atoms with van der Waals surface area (Å²) in [6.45, 7) is 4.57. The van der Waals surface area contributed by atoms with E-state index >= 15 is 0 Å². The number of fused-ring (bicyclic) bond motifs is 1. The van der Waals surface area contributed by atoms with Crippen molar-refractivity contribution >= 4 is 33.3 Å². The molecule has 8 nitrogen and oxygen atoms in total. The van der Waals surface area contributed by atoms with Gasteiger partial charge in [-0.05, 0) is 70.6 Å². The van der Waals surface area contributed by atoms with Crippen molar-refractivity contribution in [1.29, 1.82) is 0 Å². The summed E-state index contributed by atoms with van der Waals surface area (Å²) in [6.07, 6.45) is 5.66. The van der Waals surface area contributed by atoms with Crippen molar-refractivity contribution in [2.45, 2.75) is 32.6 Å². The molecule has 0 saturated carbocycles. The summed E-state index contributed by atoms with van der Waals surface area (Å²) in [5.41, 5.74) is 3.20. The van der Waals surface area contributed by atoms with Gasteiger partial charge < -0.3 is 19.7 Å². The number of nitrogens with zero attached hydrogens (tertiary/aromatic N) is 5. The van der Waals surface area contributed by atoms with Crippen LogP contribution in [0.4, 0.5) is 11.8 Å². The van der Waals surface area contributed by atoms with E-state index in [4.69, 9.17) is 14.5 Å². The number of anilines is 2. The van der Waals surface area contributed by atoms with E-state index < -0.39 is 0 Å². The van der Waals surface area contributed by atoms with Crippen molar-refractivity contribution in [1.82, 2.24) is 19.6 Å². The van der Waals surface area contributed by atoms with E-state index in [1.165, 1.54) is 11.1 Å². The number of hydrogen-bond acceptors (Lipinski definition) is 7. The third-order valence-electron chi connectivity index (χ3n) is 6.07. The molecular formula is C27H33BrN6O2. The Balaban J connectivity index is 1.62. The number of hydrogen-bond donors (Lipinski definition) is 1. The highest BCUT2D eigenvalue weighted by molar-refractivity contribution is 9.10. The largest absolute Gasteiger partial charge is 0.497 e. The second kappa shape index (κ2) is 12.6. The summed E-state index contributed by atoms with van der Waals surface area (Å²) in [7, 11) is 3.37. The summed E-state index contributed by atoms with van der Waals surface area (Å²) >= 11 is 3.58. The highest BCUT2D eigenvalue weighted by Crippen LogP contribution is 2.24. The fraction of sp³-hybridized carbons (Fsp3) is 0.370. The van der Waals surface area contributed by atoms with Crippen LogP contribution in [-0.4, -0.2) is 53.4 Å². The van der Waals surface area contributed by atoms with Crippen LogP contribution in [0.5, 0.6) is 11.5 Å². The van der Waals surface area contributed by atoms with Crippen molar-refractivity contribution in [2.75, 3.05) is 44.1 Å². The molecule has 2 aromatic heterocycles. The Morgan fingerprint density at radius 3 is 2.03 bits per heavy atom. The lowest BCUT2D eigenvalue weighted by molar-refractivity contribution is 0.414. The van der Waals surface area contributed by atoms with Crippen molar-refractivity contribution in [2.24, 2.45) is 0 Å². The van der Waals surface area contributed by atoms with Gasteiger partial charge in [0.2, 0.25) is 5.95 Å². The zero-order valence-corrected chi connectivity index (χ0v) is 22.7. The smallest absolute Gasteiger partial charge is 0.243 e. The van der Waals surface area contributed by atoms with Gasteiger partial charge in [0.25, 0.3) is 0 Å². The maximum absolute atomic E-state index is 5.31. The Morgan fingerprint density at radius 2 is 1.50 bits per heavy atom. The van der Waals surface area contributed by atoms with Gasteiger partial charge in [0.15, 0.2) is 11.5 Å². The van der Waals surface area contributed by atoms with Crippen LogP contribution in [0.3, 0.4) is 0 Å². The van der Waals surface area contributed by atoms with Crippen LogP contribution >= 0.6 is 15.9 Å². The molecule has 0 aliphatic rings. The predicted octanol–water partition coefficient (Wildman–Crippen LogP) is 5.41. The van der Waals surface area contributed by atoms with E-state index in [1.807, 2.05) is 28.8 Å². The zero-order valence-electron chi connectivity index (χ0n) is 21.1. The van der Waals surface area contributed by atoms with Gasteiger partial charge in [0.1, 0.15) is 16.1 Å². The Hall–Kier alpha value is -3.33. The van der Waals surface area contributed by atoms with Crippen molar-refractivity contribution in [3.05, 3.63) is 70.5 Å². The molecule has 0 amide bonds. The van der Waals surface area contributed by atoms with Crippen LogP contribution < -0.4 is 19.7 Å². The maximum atomic E-state index is 5.31. The van der Waals surface area contributed by atoms with E-state index in [-0.39, 0.29) is 0 Å². The van der Waals surface area contributed by atoms with Crippen molar-refractivity contribution in [3.8, 4) is 11.5 Å².